The molecular formula is C10H20N2O. The highest BCUT2D eigenvalue weighted by Crippen LogP contribution is 2.37. The van der Waals surface area contributed by atoms with E-state index in [1.165, 1.54) is 12.8 Å². The number of hydrogen-bond acceptors (Lipinski definition) is 1. The Bertz CT molecular complexity index is 199. The van der Waals surface area contributed by atoms with Crippen LogP contribution in [0, 0.1) is 5.41 Å². The van der Waals surface area contributed by atoms with E-state index >= 15 is 0 Å². The van der Waals surface area contributed by atoms with E-state index in [0.717, 1.165) is 6.42 Å². The molecule has 0 bridgehead atoms. The van der Waals surface area contributed by atoms with E-state index < -0.39 is 0 Å². The van der Waals surface area contributed by atoms with Crippen molar-refractivity contribution in [3.63, 3.8) is 0 Å². The largest absolute Gasteiger partial charge is 0.335 e. The van der Waals surface area contributed by atoms with Gasteiger partial charge in [-0.1, -0.05) is 20.3 Å². The highest BCUT2D eigenvalue weighted by molar-refractivity contribution is 5.73. The summed E-state index contributed by atoms with van der Waals surface area (Å²) in [6.45, 7) is 4.45. The molecular weight excluding hydrogens is 164 g/mol. The minimum atomic E-state index is 0.0278. The number of rotatable bonds is 1. The first-order chi connectivity index (χ1) is 5.93. The van der Waals surface area contributed by atoms with Gasteiger partial charge in [-0.05, 0) is 18.3 Å². The first-order valence-corrected chi connectivity index (χ1v) is 4.91. The van der Waals surface area contributed by atoms with E-state index in [4.69, 9.17) is 0 Å². The maximum Gasteiger partial charge on any atom is 0.317 e. The number of carbonyl (C=O) groups is 1. The van der Waals surface area contributed by atoms with Crippen LogP contribution in [0.4, 0.5) is 4.79 Å². The number of nitrogens with one attached hydrogen (secondary N) is 1. The van der Waals surface area contributed by atoms with Crippen LogP contribution in [0.5, 0.6) is 0 Å². The molecule has 1 rings (SSSR count). The highest BCUT2D eigenvalue weighted by Gasteiger charge is 2.35. The number of urea groups is 1. The number of nitrogens with zero attached hydrogens (tertiary/aromatic N) is 1. The van der Waals surface area contributed by atoms with Gasteiger partial charge < -0.3 is 10.2 Å². The Balaban J connectivity index is 2.50. The quantitative estimate of drug-likeness (QED) is 0.662. The van der Waals surface area contributed by atoms with Crippen molar-refractivity contribution in [3.8, 4) is 0 Å². The molecule has 76 valence electrons. The standard InChI is InChI=1S/C10H20N2O/c1-10(2)7-5-6-8(10)11-9(13)12(3)4/h8H,5-7H2,1-4H3,(H,11,13). The fourth-order valence-corrected chi connectivity index (χ4v) is 1.87. The van der Waals surface area contributed by atoms with Crippen molar-refractivity contribution in [2.45, 2.75) is 39.2 Å². The van der Waals surface area contributed by atoms with Crippen molar-refractivity contribution < 1.29 is 4.79 Å². The van der Waals surface area contributed by atoms with Crippen LogP contribution in [-0.2, 0) is 0 Å². The summed E-state index contributed by atoms with van der Waals surface area (Å²) in [6.07, 6.45) is 3.56. The highest BCUT2D eigenvalue weighted by atomic mass is 16.2. The van der Waals surface area contributed by atoms with E-state index in [-0.39, 0.29) is 11.4 Å². The van der Waals surface area contributed by atoms with Gasteiger partial charge in [-0.25, -0.2) is 4.79 Å². The molecule has 1 aliphatic rings. The molecule has 2 amide bonds. The molecule has 1 fully saturated rings. The van der Waals surface area contributed by atoms with Crippen LogP contribution >= 0.6 is 0 Å². The third-order valence-electron chi connectivity index (χ3n) is 2.96. The molecule has 1 atom stereocenters. The lowest BCUT2D eigenvalue weighted by Gasteiger charge is -2.28. The van der Waals surface area contributed by atoms with Gasteiger partial charge in [-0.3, -0.25) is 0 Å². The molecule has 0 heterocycles. The summed E-state index contributed by atoms with van der Waals surface area (Å²) >= 11 is 0. The van der Waals surface area contributed by atoms with Gasteiger partial charge in [0.2, 0.25) is 0 Å². The van der Waals surface area contributed by atoms with Crippen LogP contribution in [0.2, 0.25) is 0 Å². The molecule has 0 aromatic heterocycles. The van der Waals surface area contributed by atoms with Gasteiger partial charge in [0.15, 0.2) is 0 Å². The number of amides is 2. The average molecular weight is 184 g/mol. The molecule has 0 radical (unpaired) electrons. The second-order valence-electron chi connectivity index (χ2n) is 4.78. The molecule has 0 saturated heterocycles. The monoisotopic (exact) mass is 184 g/mol. The Morgan fingerprint density at radius 1 is 1.46 bits per heavy atom. The van der Waals surface area contributed by atoms with Gasteiger partial charge in [0.1, 0.15) is 0 Å². The summed E-state index contributed by atoms with van der Waals surface area (Å²) in [6, 6.07) is 0.377. The van der Waals surface area contributed by atoms with Gasteiger partial charge in [-0.2, -0.15) is 0 Å². The van der Waals surface area contributed by atoms with Crippen molar-refractivity contribution in [1.82, 2.24) is 10.2 Å². The van der Waals surface area contributed by atoms with Gasteiger partial charge in [0.05, 0.1) is 0 Å². The molecule has 1 unspecified atom stereocenters. The fourth-order valence-electron chi connectivity index (χ4n) is 1.87. The molecule has 3 nitrogen and oxygen atoms in total. The van der Waals surface area contributed by atoms with Crippen LogP contribution in [0.25, 0.3) is 0 Å². The van der Waals surface area contributed by atoms with E-state index in [0.29, 0.717) is 6.04 Å². The summed E-state index contributed by atoms with van der Waals surface area (Å²) in [7, 11) is 3.55. The summed E-state index contributed by atoms with van der Waals surface area (Å²) < 4.78 is 0. The van der Waals surface area contributed by atoms with Gasteiger partial charge in [0, 0.05) is 20.1 Å². The van der Waals surface area contributed by atoms with Crippen LogP contribution in [0.1, 0.15) is 33.1 Å². The number of hydrogen-bond donors (Lipinski definition) is 1. The lowest BCUT2D eigenvalue weighted by atomic mass is 9.87. The maximum atomic E-state index is 11.4. The first kappa shape index (κ1) is 10.4. The molecule has 3 heteroatoms. The van der Waals surface area contributed by atoms with E-state index in [1.807, 2.05) is 0 Å². The smallest absolute Gasteiger partial charge is 0.317 e. The van der Waals surface area contributed by atoms with Crippen LogP contribution in [-0.4, -0.2) is 31.1 Å². The zero-order valence-electron chi connectivity index (χ0n) is 9.05. The second-order valence-corrected chi connectivity index (χ2v) is 4.78. The Labute approximate surface area is 80.5 Å². The van der Waals surface area contributed by atoms with Crippen molar-refractivity contribution in [1.29, 1.82) is 0 Å². The number of carbonyl (C=O) groups excluding carboxylic acids is 1. The van der Waals surface area contributed by atoms with Crippen LogP contribution in [0.3, 0.4) is 0 Å². The van der Waals surface area contributed by atoms with Crippen LogP contribution < -0.4 is 5.32 Å². The Morgan fingerprint density at radius 2 is 2.08 bits per heavy atom. The van der Waals surface area contributed by atoms with Crippen LogP contribution in [0.15, 0.2) is 0 Å². The van der Waals surface area contributed by atoms with Crippen molar-refractivity contribution in [2.75, 3.05) is 14.1 Å². The molecule has 0 aliphatic heterocycles. The topological polar surface area (TPSA) is 32.3 Å². The third kappa shape index (κ3) is 2.36. The predicted octanol–water partition coefficient (Wildman–Crippen LogP) is 1.84. The molecule has 0 aromatic carbocycles. The summed E-state index contributed by atoms with van der Waals surface area (Å²) in [4.78, 5) is 13.0. The maximum absolute atomic E-state index is 11.4. The van der Waals surface area contributed by atoms with Crippen molar-refractivity contribution in [3.05, 3.63) is 0 Å². The lowest BCUT2D eigenvalue weighted by molar-refractivity contribution is 0.200. The predicted molar refractivity (Wildman–Crippen MR) is 53.6 cm³/mol. The van der Waals surface area contributed by atoms with Gasteiger partial charge in [-0.15, -0.1) is 0 Å². The van der Waals surface area contributed by atoms with Crippen molar-refractivity contribution in [2.24, 2.45) is 5.41 Å². The zero-order chi connectivity index (χ0) is 10.1. The Hall–Kier alpha value is -0.730. The third-order valence-corrected chi connectivity index (χ3v) is 2.96. The molecule has 1 N–H and O–H groups in total. The minimum Gasteiger partial charge on any atom is -0.335 e. The molecule has 1 saturated carbocycles. The summed E-state index contributed by atoms with van der Waals surface area (Å²) in [5.41, 5.74) is 0.270. The molecule has 0 spiro atoms. The van der Waals surface area contributed by atoms with Gasteiger partial charge in [0.25, 0.3) is 0 Å². The zero-order valence-corrected chi connectivity index (χ0v) is 9.05. The van der Waals surface area contributed by atoms with E-state index in [9.17, 15) is 4.79 Å². The SMILES string of the molecule is CN(C)C(=O)NC1CCCC1(C)C. The minimum absolute atomic E-state index is 0.0278. The Morgan fingerprint density at radius 3 is 2.46 bits per heavy atom. The summed E-state index contributed by atoms with van der Waals surface area (Å²) in [5.74, 6) is 0. The Kier molecular flexibility index (Phi) is 2.84. The lowest BCUT2D eigenvalue weighted by Crippen LogP contribution is -2.45. The van der Waals surface area contributed by atoms with E-state index in [2.05, 4.69) is 19.2 Å². The molecule has 13 heavy (non-hydrogen) atoms. The molecule has 1 aliphatic carbocycles. The fraction of sp³-hybridized carbons (Fsp3) is 0.900. The summed E-state index contributed by atoms with van der Waals surface area (Å²) in [5, 5.41) is 3.06. The second kappa shape index (κ2) is 3.56. The molecule has 0 aromatic rings. The van der Waals surface area contributed by atoms with E-state index in [1.54, 1.807) is 19.0 Å². The van der Waals surface area contributed by atoms with Crippen molar-refractivity contribution >= 4 is 6.03 Å². The first-order valence-electron chi connectivity index (χ1n) is 4.91. The normalized spacial score (nSPS) is 25.7. The van der Waals surface area contributed by atoms with Gasteiger partial charge >= 0.3 is 6.03 Å². The average Bonchev–Trinajstić information content (AvgIpc) is 2.30.